The van der Waals surface area contributed by atoms with Crippen LogP contribution in [0, 0.1) is 104 Å². The van der Waals surface area contributed by atoms with Crippen LogP contribution in [0.4, 0.5) is 0 Å². The predicted octanol–water partition coefficient (Wildman–Crippen LogP) is 7.81. The number of benzene rings is 1. The quantitative estimate of drug-likeness (QED) is 0.154. The van der Waals surface area contributed by atoms with Gasteiger partial charge >= 0.3 is 0 Å². The maximum atomic E-state index is 4.28. The molecule has 0 atom stereocenters. The molecule has 7 heterocycles. The van der Waals surface area contributed by atoms with Crippen molar-refractivity contribution in [3.05, 3.63) is 173 Å². The average molecular weight is 850 g/mol. The summed E-state index contributed by atoms with van der Waals surface area (Å²) >= 11 is 0. The zero-order valence-electron chi connectivity index (χ0n) is 39.2. The summed E-state index contributed by atoms with van der Waals surface area (Å²) < 4.78 is 0. The van der Waals surface area contributed by atoms with E-state index in [1.807, 2.05) is 146 Å². The highest BCUT2D eigenvalue weighted by atomic mass is 15.0. The highest BCUT2D eigenvalue weighted by molar-refractivity contribution is 5.54. The van der Waals surface area contributed by atoms with Crippen molar-refractivity contribution in [3.8, 4) is 11.4 Å². The van der Waals surface area contributed by atoms with Gasteiger partial charge in [0, 0.05) is 53.6 Å². The Morgan fingerprint density at radius 1 is 0.286 bits per heavy atom. The lowest BCUT2D eigenvalue weighted by atomic mass is 10.2. The van der Waals surface area contributed by atoms with Crippen molar-refractivity contribution in [2.45, 2.75) is 104 Å². The summed E-state index contributed by atoms with van der Waals surface area (Å²) in [4.78, 5) is 68.2. The van der Waals surface area contributed by atoms with Crippen molar-refractivity contribution in [2.24, 2.45) is 0 Å². The fourth-order valence-electron chi connectivity index (χ4n) is 4.94. The lowest BCUT2D eigenvalue weighted by molar-refractivity contribution is 0.875. The van der Waals surface area contributed by atoms with Crippen molar-refractivity contribution in [1.82, 2.24) is 84.7 Å². The summed E-state index contributed by atoms with van der Waals surface area (Å²) in [5.74, 6) is 7.03. The van der Waals surface area contributed by atoms with Gasteiger partial charge in [-0.2, -0.15) is 0 Å². The maximum Gasteiger partial charge on any atom is 0.163 e. The summed E-state index contributed by atoms with van der Waals surface area (Å²) in [6.07, 6.45) is 11.8. The first-order valence-corrected chi connectivity index (χ1v) is 19.9. The minimum atomic E-state index is 0.746. The van der Waals surface area contributed by atoms with Crippen LogP contribution in [-0.4, -0.2) is 84.7 Å². The molecule has 0 unspecified atom stereocenters. The van der Waals surface area contributed by atoms with E-state index in [0.29, 0.717) is 0 Å². The first kappa shape index (κ1) is 51.7. The molecule has 0 aliphatic heterocycles. The monoisotopic (exact) mass is 850 g/mol. The summed E-state index contributed by atoms with van der Waals surface area (Å²) in [6.45, 7) is 28.5. The molecule has 0 amide bonds. The lowest BCUT2D eigenvalue weighted by Gasteiger charge is -2.01. The Labute approximate surface area is 371 Å². The van der Waals surface area contributed by atoms with Gasteiger partial charge in [0.2, 0.25) is 0 Å². The molecule has 0 bridgehead atoms. The molecule has 8 aromatic rings. The molecule has 7 aromatic heterocycles. The Kier molecular flexibility index (Phi) is 23.1. The molecule has 0 saturated heterocycles. The molecule has 17 heteroatoms. The second kappa shape index (κ2) is 28.2. The van der Waals surface area contributed by atoms with Crippen molar-refractivity contribution in [2.75, 3.05) is 0 Å². The molecule has 0 aliphatic rings. The van der Waals surface area contributed by atoms with E-state index in [1.54, 1.807) is 37.3 Å². The Balaban J connectivity index is 0.000000256. The van der Waals surface area contributed by atoms with Crippen molar-refractivity contribution >= 4 is 0 Å². The molecule has 63 heavy (non-hydrogen) atoms. The SMILES string of the molecule is Cc1cc(C)ncn1.Cc1ccnc(C)n1.Cc1cncc(C)n1.Cc1cncc(C)n1.Cc1nc(C)nc(-c2ccccc2)n1.Cc1nc(C)nc(C)n1.Cc1ncnc(C)n1. The number of hydrogen-bond donors (Lipinski definition) is 0. The van der Waals surface area contributed by atoms with Crippen LogP contribution in [0.15, 0.2) is 86.1 Å². The topological polar surface area (TPSA) is 219 Å². The van der Waals surface area contributed by atoms with Gasteiger partial charge in [-0.3, -0.25) is 19.9 Å². The van der Waals surface area contributed by atoms with Crippen LogP contribution in [0.3, 0.4) is 0 Å². The van der Waals surface area contributed by atoms with Gasteiger partial charge in [0.25, 0.3) is 0 Å². The predicted molar refractivity (Wildman–Crippen MR) is 244 cm³/mol. The van der Waals surface area contributed by atoms with Gasteiger partial charge in [0.15, 0.2) is 5.82 Å². The number of aromatic nitrogens is 17. The molecule has 0 saturated carbocycles. The van der Waals surface area contributed by atoms with Gasteiger partial charge in [-0.1, -0.05) is 30.3 Å². The zero-order chi connectivity index (χ0) is 46.7. The molecule has 8 rings (SSSR count). The normalized spacial score (nSPS) is 9.51. The maximum absolute atomic E-state index is 4.28. The van der Waals surface area contributed by atoms with Gasteiger partial charge in [0.05, 0.1) is 22.8 Å². The van der Waals surface area contributed by atoms with Crippen molar-refractivity contribution in [1.29, 1.82) is 0 Å². The Hall–Kier alpha value is -7.43. The van der Waals surface area contributed by atoms with Crippen LogP contribution in [0.5, 0.6) is 0 Å². The molecule has 0 N–H and O–H groups in total. The van der Waals surface area contributed by atoms with Crippen LogP contribution in [-0.2, 0) is 0 Å². The highest BCUT2D eigenvalue weighted by Crippen LogP contribution is 2.13. The van der Waals surface area contributed by atoms with Crippen LogP contribution in [0.2, 0.25) is 0 Å². The molecular formula is C46H59N17. The Morgan fingerprint density at radius 3 is 0.937 bits per heavy atom. The molecule has 17 nitrogen and oxygen atoms in total. The molecule has 1 aromatic carbocycles. The fourth-order valence-corrected chi connectivity index (χ4v) is 4.94. The van der Waals surface area contributed by atoms with Crippen molar-refractivity contribution in [3.63, 3.8) is 0 Å². The number of hydrogen-bond acceptors (Lipinski definition) is 17. The standard InChI is InChI=1S/C11H11N3.C6H9N3.4C6H8N2.C5H7N3/c1-8-12-9(2)14-11(13-8)10-6-4-3-5-7-10;1-4-7-5(2)9-6(3)8-4;2*1-5-3-7-4-6(2)8-5;1-5-3-6(2)8-4-7-5;1-5-3-4-7-6(2)8-5;1-4-6-3-7-5(2)8-4/h3-7H,1-2H3;1-3H3;4*3-4H,1-2H3;3H,1-2H3. The third kappa shape index (κ3) is 24.4. The van der Waals surface area contributed by atoms with E-state index in [9.17, 15) is 0 Å². The zero-order valence-corrected chi connectivity index (χ0v) is 39.2. The molecule has 0 spiro atoms. The van der Waals surface area contributed by atoms with Crippen LogP contribution < -0.4 is 0 Å². The fraction of sp³-hybridized carbons (Fsp3) is 0.326. The minimum Gasteiger partial charge on any atom is -0.261 e. The summed E-state index contributed by atoms with van der Waals surface area (Å²) in [7, 11) is 0. The van der Waals surface area contributed by atoms with Gasteiger partial charge in [0.1, 0.15) is 59.2 Å². The molecule has 0 aliphatic carbocycles. The number of nitrogens with zero attached hydrogens (tertiary/aromatic N) is 17. The van der Waals surface area contributed by atoms with Gasteiger partial charge < -0.3 is 0 Å². The first-order chi connectivity index (χ1) is 29.9. The van der Waals surface area contributed by atoms with Crippen LogP contribution >= 0.6 is 0 Å². The Bertz CT molecular complexity index is 2140. The largest absolute Gasteiger partial charge is 0.261 e. The summed E-state index contributed by atoms with van der Waals surface area (Å²) in [5.41, 5.74) is 8.01. The Morgan fingerprint density at radius 2 is 0.651 bits per heavy atom. The third-order valence-corrected chi connectivity index (χ3v) is 7.28. The van der Waals surface area contributed by atoms with E-state index in [4.69, 9.17) is 0 Å². The van der Waals surface area contributed by atoms with Crippen molar-refractivity contribution < 1.29 is 0 Å². The van der Waals surface area contributed by atoms with E-state index in [0.717, 1.165) is 97.8 Å². The second-order valence-corrected chi connectivity index (χ2v) is 13.8. The van der Waals surface area contributed by atoms with Gasteiger partial charge in [-0.15, -0.1) is 0 Å². The summed E-state index contributed by atoms with van der Waals surface area (Å²) in [6, 6.07) is 13.7. The van der Waals surface area contributed by atoms with E-state index in [2.05, 4.69) is 84.7 Å². The van der Waals surface area contributed by atoms with E-state index in [-0.39, 0.29) is 0 Å². The molecule has 0 radical (unpaired) electrons. The third-order valence-electron chi connectivity index (χ3n) is 7.28. The molecular weight excluding hydrogens is 791 g/mol. The number of rotatable bonds is 1. The molecule has 328 valence electrons. The van der Waals surface area contributed by atoms with Gasteiger partial charge in [-0.25, -0.2) is 64.8 Å². The summed E-state index contributed by atoms with van der Waals surface area (Å²) in [5, 5.41) is 0. The van der Waals surface area contributed by atoms with E-state index < -0.39 is 0 Å². The van der Waals surface area contributed by atoms with Crippen LogP contribution in [0.1, 0.15) is 86.5 Å². The second-order valence-electron chi connectivity index (χ2n) is 13.8. The highest BCUT2D eigenvalue weighted by Gasteiger charge is 2.02. The number of aryl methyl sites for hydroxylation is 15. The first-order valence-electron chi connectivity index (χ1n) is 19.9. The average Bonchev–Trinajstić information content (AvgIpc) is 3.19. The van der Waals surface area contributed by atoms with Gasteiger partial charge in [-0.05, 0) is 116 Å². The van der Waals surface area contributed by atoms with E-state index in [1.165, 1.54) is 6.33 Å². The smallest absolute Gasteiger partial charge is 0.163 e. The minimum absolute atomic E-state index is 0.746. The molecule has 0 fully saturated rings. The lowest BCUT2D eigenvalue weighted by Crippen LogP contribution is -1.98. The van der Waals surface area contributed by atoms with E-state index >= 15 is 0 Å². The van der Waals surface area contributed by atoms with Crippen LogP contribution in [0.25, 0.3) is 11.4 Å².